The molecule has 0 saturated carbocycles. The number of carbonyl (C=O) groups is 1. The molecule has 18 heavy (non-hydrogen) atoms. The summed E-state index contributed by atoms with van der Waals surface area (Å²) >= 11 is 3.32. The second-order valence-electron chi connectivity index (χ2n) is 4.50. The minimum Gasteiger partial charge on any atom is -0.398 e. The molecule has 3 N–H and O–H groups in total. The van der Waals surface area contributed by atoms with Crippen LogP contribution in [0.15, 0.2) is 22.7 Å². The number of amides is 1. The van der Waals surface area contributed by atoms with Gasteiger partial charge in [-0.1, -0.05) is 0 Å². The Bertz CT molecular complexity index is 431. The average Bonchev–Trinajstić information content (AvgIpc) is 2.40. The second kappa shape index (κ2) is 6.20. The van der Waals surface area contributed by atoms with E-state index in [1.807, 2.05) is 0 Å². The molecule has 0 bridgehead atoms. The minimum absolute atomic E-state index is 0.0535. The molecule has 2 rings (SSSR count). The number of hydrogen-bond donors (Lipinski definition) is 2. The van der Waals surface area contributed by atoms with E-state index in [1.54, 1.807) is 18.2 Å². The van der Waals surface area contributed by atoms with Crippen LogP contribution in [0.1, 0.15) is 23.2 Å². The Labute approximate surface area is 115 Å². The predicted molar refractivity (Wildman–Crippen MR) is 74.4 cm³/mol. The van der Waals surface area contributed by atoms with Gasteiger partial charge in [0.05, 0.1) is 0 Å². The molecule has 1 aromatic carbocycles. The molecule has 1 aliphatic rings. The summed E-state index contributed by atoms with van der Waals surface area (Å²) in [6, 6.07) is 5.21. The highest BCUT2D eigenvalue weighted by Gasteiger charge is 2.15. The van der Waals surface area contributed by atoms with Gasteiger partial charge in [-0.05, 0) is 52.9 Å². The van der Waals surface area contributed by atoms with E-state index < -0.39 is 0 Å². The van der Waals surface area contributed by atoms with Gasteiger partial charge in [-0.3, -0.25) is 4.79 Å². The monoisotopic (exact) mass is 312 g/mol. The van der Waals surface area contributed by atoms with Crippen LogP contribution in [0.5, 0.6) is 0 Å². The van der Waals surface area contributed by atoms with Gasteiger partial charge < -0.3 is 15.8 Å². The van der Waals surface area contributed by atoms with Gasteiger partial charge in [-0.2, -0.15) is 0 Å². The molecule has 1 fully saturated rings. The van der Waals surface area contributed by atoms with Gasteiger partial charge in [-0.15, -0.1) is 0 Å². The van der Waals surface area contributed by atoms with Crippen LogP contribution in [-0.2, 0) is 4.74 Å². The van der Waals surface area contributed by atoms with Crippen LogP contribution in [0.25, 0.3) is 0 Å². The molecule has 1 aromatic rings. The van der Waals surface area contributed by atoms with Crippen LogP contribution in [0.3, 0.4) is 0 Å². The van der Waals surface area contributed by atoms with E-state index in [4.69, 9.17) is 10.5 Å². The summed E-state index contributed by atoms with van der Waals surface area (Å²) in [6.07, 6.45) is 2.04. The summed E-state index contributed by atoms with van der Waals surface area (Å²) < 4.78 is 6.04. The third-order valence-corrected chi connectivity index (χ3v) is 3.84. The van der Waals surface area contributed by atoms with Gasteiger partial charge in [0.15, 0.2) is 0 Å². The summed E-state index contributed by atoms with van der Waals surface area (Å²) in [5.74, 6) is 0.474. The van der Waals surface area contributed by atoms with Gasteiger partial charge in [-0.25, -0.2) is 0 Å². The maximum Gasteiger partial charge on any atom is 0.251 e. The molecule has 98 valence electrons. The molecular weight excluding hydrogens is 296 g/mol. The second-order valence-corrected chi connectivity index (χ2v) is 5.36. The third kappa shape index (κ3) is 3.46. The van der Waals surface area contributed by atoms with Gasteiger partial charge in [0.1, 0.15) is 0 Å². The molecule has 0 spiro atoms. The molecule has 0 radical (unpaired) electrons. The topological polar surface area (TPSA) is 64.4 Å². The molecule has 1 aliphatic heterocycles. The first-order valence-electron chi connectivity index (χ1n) is 6.08. The number of hydrogen-bond acceptors (Lipinski definition) is 3. The molecule has 1 amide bonds. The number of nitrogen functional groups attached to an aromatic ring is 1. The summed E-state index contributed by atoms with van der Waals surface area (Å²) in [6.45, 7) is 2.31. The first-order valence-corrected chi connectivity index (χ1v) is 6.87. The predicted octanol–water partition coefficient (Wildman–Crippen LogP) is 2.19. The zero-order valence-electron chi connectivity index (χ0n) is 10.1. The number of ether oxygens (including phenoxy) is 1. The number of halogens is 1. The SMILES string of the molecule is Nc1ccc(C(=O)NCC2CCOCC2)cc1Br. The summed E-state index contributed by atoms with van der Waals surface area (Å²) in [7, 11) is 0. The molecule has 0 aliphatic carbocycles. The van der Waals surface area contributed by atoms with Crippen LogP contribution < -0.4 is 11.1 Å². The molecule has 0 aromatic heterocycles. The van der Waals surface area contributed by atoms with Crippen molar-refractivity contribution in [3.8, 4) is 0 Å². The van der Waals surface area contributed by atoms with Crippen molar-refractivity contribution in [2.45, 2.75) is 12.8 Å². The Kier molecular flexibility index (Phi) is 4.60. The van der Waals surface area contributed by atoms with E-state index in [2.05, 4.69) is 21.2 Å². The molecular formula is C13H17BrN2O2. The van der Waals surface area contributed by atoms with E-state index in [-0.39, 0.29) is 5.91 Å². The number of benzene rings is 1. The summed E-state index contributed by atoms with van der Waals surface area (Å²) in [4.78, 5) is 11.9. The number of anilines is 1. The lowest BCUT2D eigenvalue weighted by atomic mass is 10.0. The first kappa shape index (κ1) is 13.4. The molecule has 4 nitrogen and oxygen atoms in total. The summed E-state index contributed by atoms with van der Waals surface area (Å²) in [5.41, 5.74) is 6.95. The fraction of sp³-hybridized carbons (Fsp3) is 0.462. The lowest BCUT2D eigenvalue weighted by Crippen LogP contribution is -2.32. The smallest absolute Gasteiger partial charge is 0.251 e. The van der Waals surface area contributed by atoms with E-state index >= 15 is 0 Å². The first-order chi connectivity index (χ1) is 8.66. The Morgan fingerprint density at radius 3 is 2.83 bits per heavy atom. The van der Waals surface area contributed by atoms with E-state index in [9.17, 15) is 4.79 Å². The fourth-order valence-corrected chi connectivity index (χ4v) is 2.34. The Morgan fingerprint density at radius 2 is 2.17 bits per heavy atom. The maximum atomic E-state index is 11.9. The van der Waals surface area contributed by atoms with Crippen LogP contribution >= 0.6 is 15.9 Å². The highest BCUT2D eigenvalue weighted by molar-refractivity contribution is 9.10. The standard InChI is InChI=1S/C13H17BrN2O2/c14-11-7-10(1-2-12(11)15)13(17)16-8-9-3-5-18-6-4-9/h1-2,7,9H,3-6,8,15H2,(H,16,17). The molecule has 0 atom stereocenters. The molecule has 1 heterocycles. The van der Waals surface area contributed by atoms with Crippen LogP contribution in [0.2, 0.25) is 0 Å². The highest BCUT2D eigenvalue weighted by Crippen LogP contribution is 2.20. The average molecular weight is 313 g/mol. The van der Waals surface area contributed by atoms with Crippen molar-refractivity contribution in [1.82, 2.24) is 5.32 Å². The molecule has 1 saturated heterocycles. The normalized spacial score (nSPS) is 16.5. The Morgan fingerprint density at radius 1 is 1.44 bits per heavy atom. The van der Waals surface area contributed by atoms with Crippen molar-refractivity contribution in [1.29, 1.82) is 0 Å². The molecule has 5 heteroatoms. The highest BCUT2D eigenvalue weighted by atomic mass is 79.9. The van der Waals surface area contributed by atoms with Gasteiger partial charge >= 0.3 is 0 Å². The summed E-state index contributed by atoms with van der Waals surface area (Å²) in [5, 5.41) is 2.96. The number of nitrogens with one attached hydrogen (secondary N) is 1. The number of carbonyl (C=O) groups excluding carboxylic acids is 1. The van der Waals surface area contributed by atoms with Gasteiger partial charge in [0.25, 0.3) is 5.91 Å². The lowest BCUT2D eigenvalue weighted by Gasteiger charge is -2.22. The third-order valence-electron chi connectivity index (χ3n) is 3.15. The van der Waals surface area contributed by atoms with E-state index in [0.717, 1.165) is 30.5 Å². The van der Waals surface area contributed by atoms with Crippen LogP contribution in [0, 0.1) is 5.92 Å². The van der Waals surface area contributed by atoms with Crippen molar-refractivity contribution >= 4 is 27.5 Å². The van der Waals surface area contributed by atoms with Gasteiger partial charge in [0.2, 0.25) is 0 Å². The minimum atomic E-state index is -0.0535. The van der Waals surface area contributed by atoms with Crippen LogP contribution in [-0.4, -0.2) is 25.7 Å². The Balaban J connectivity index is 1.88. The van der Waals surface area contributed by atoms with E-state index in [1.165, 1.54) is 0 Å². The lowest BCUT2D eigenvalue weighted by molar-refractivity contribution is 0.0642. The zero-order chi connectivity index (χ0) is 13.0. The number of rotatable bonds is 3. The van der Waals surface area contributed by atoms with E-state index in [0.29, 0.717) is 23.7 Å². The van der Waals surface area contributed by atoms with Crippen molar-refractivity contribution in [3.05, 3.63) is 28.2 Å². The number of nitrogens with two attached hydrogens (primary N) is 1. The molecule has 0 unspecified atom stereocenters. The van der Waals surface area contributed by atoms with Crippen LogP contribution in [0.4, 0.5) is 5.69 Å². The van der Waals surface area contributed by atoms with Crippen molar-refractivity contribution < 1.29 is 9.53 Å². The van der Waals surface area contributed by atoms with Crippen molar-refractivity contribution in [2.24, 2.45) is 5.92 Å². The Hall–Kier alpha value is -1.07. The van der Waals surface area contributed by atoms with Crippen molar-refractivity contribution in [2.75, 3.05) is 25.5 Å². The largest absolute Gasteiger partial charge is 0.398 e. The van der Waals surface area contributed by atoms with Crippen molar-refractivity contribution in [3.63, 3.8) is 0 Å². The quantitative estimate of drug-likeness (QED) is 0.841. The maximum absolute atomic E-state index is 11.9. The zero-order valence-corrected chi connectivity index (χ0v) is 11.7. The van der Waals surface area contributed by atoms with Gasteiger partial charge in [0, 0.05) is 35.5 Å². The fourth-order valence-electron chi connectivity index (χ4n) is 1.96.